The second-order valence-electron chi connectivity index (χ2n) is 1.47. The topological polar surface area (TPSA) is 12.9 Å². The minimum Gasteiger partial charge on any atom is -1.00 e. The molecule has 0 bridgehead atoms. The zero-order valence-electron chi connectivity index (χ0n) is 5.72. The summed E-state index contributed by atoms with van der Waals surface area (Å²) in [5.41, 5.74) is 1.07. The molecule has 1 nitrogen and oxygen atoms in total. The van der Waals surface area contributed by atoms with Crippen LogP contribution in [0.4, 0.5) is 0 Å². The molecule has 0 unspecified atom stereocenters. The summed E-state index contributed by atoms with van der Waals surface area (Å²) >= 11 is 0. The summed E-state index contributed by atoms with van der Waals surface area (Å²) in [6, 6.07) is 5.86. The molecule has 10 heavy (non-hydrogen) atoms. The van der Waals surface area contributed by atoms with Crippen LogP contribution in [0.2, 0.25) is 0 Å². The molecule has 0 atom stereocenters. The van der Waals surface area contributed by atoms with E-state index in [9.17, 15) is 0 Å². The molecule has 1 aromatic heterocycles. The van der Waals surface area contributed by atoms with Gasteiger partial charge in [0, 0.05) is 11.9 Å². The molecule has 0 aliphatic heterocycles. The number of halogens is 2. The molecule has 0 N–H and O–H groups in total. The van der Waals surface area contributed by atoms with Gasteiger partial charge in [0.2, 0.25) is 0 Å². The average molecular weight is 277 g/mol. The molecule has 0 aromatic carbocycles. The zero-order chi connectivity index (χ0) is 5.11. The van der Waals surface area contributed by atoms with Gasteiger partial charge in [0.1, 0.15) is 0 Å². The molecule has 0 spiro atoms. The summed E-state index contributed by atoms with van der Waals surface area (Å²) in [6.45, 7) is 1.97. The van der Waals surface area contributed by atoms with Crippen LogP contribution in [0.3, 0.4) is 0 Å². The van der Waals surface area contributed by atoms with Crippen molar-refractivity contribution < 1.29 is 34.0 Å². The number of aryl methyl sites for hydroxylation is 1. The summed E-state index contributed by atoms with van der Waals surface area (Å²) in [5, 5.41) is 0. The summed E-state index contributed by atoms with van der Waals surface area (Å²) < 4.78 is 0. The van der Waals surface area contributed by atoms with Crippen molar-refractivity contribution in [3.05, 3.63) is 30.1 Å². The maximum absolute atomic E-state index is 3.98. The number of rotatable bonds is 0. The van der Waals surface area contributed by atoms with Crippen molar-refractivity contribution in [2.75, 3.05) is 0 Å². The number of aromatic nitrogens is 1. The van der Waals surface area contributed by atoms with Crippen LogP contribution in [0.1, 0.15) is 5.69 Å². The van der Waals surface area contributed by atoms with E-state index in [1.54, 1.807) is 6.20 Å². The van der Waals surface area contributed by atoms with Gasteiger partial charge < -0.3 is 34.0 Å². The third-order valence-corrected chi connectivity index (χ3v) is 0.813. The number of hydrogen-bond donors (Lipinski definition) is 0. The Kier molecular flexibility index (Phi) is 16.9. The number of nitrogens with zero attached hydrogens (tertiary/aromatic N) is 1. The van der Waals surface area contributed by atoms with Gasteiger partial charge in [0.05, 0.1) is 0 Å². The van der Waals surface area contributed by atoms with Crippen LogP contribution in [0, 0.1) is 6.92 Å². The molecule has 1 heterocycles. The summed E-state index contributed by atoms with van der Waals surface area (Å²) in [4.78, 5) is 3.98. The molecule has 0 aliphatic carbocycles. The Morgan fingerprint density at radius 3 is 2.00 bits per heavy atom. The van der Waals surface area contributed by atoms with Crippen LogP contribution < -0.4 is 34.0 Å². The minimum atomic E-state index is 0. The van der Waals surface area contributed by atoms with E-state index in [0.717, 1.165) is 5.69 Å². The van der Waals surface area contributed by atoms with Crippen molar-refractivity contribution >= 4 is 23.1 Å². The zero-order valence-corrected chi connectivity index (χ0v) is 10.3. The molecule has 0 saturated heterocycles. The Morgan fingerprint density at radius 2 is 1.80 bits per heavy atom. The first-order chi connectivity index (χ1) is 3.39. The van der Waals surface area contributed by atoms with E-state index in [4.69, 9.17) is 0 Å². The van der Waals surface area contributed by atoms with Crippen LogP contribution in [0.15, 0.2) is 24.4 Å². The van der Waals surface area contributed by atoms with Gasteiger partial charge in [-0.05, 0) is 19.1 Å². The summed E-state index contributed by atoms with van der Waals surface area (Å²) in [6.07, 6.45) is 1.79. The van der Waals surface area contributed by atoms with Crippen molar-refractivity contribution in [3.8, 4) is 0 Å². The second kappa shape index (κ2) is 9.88. The fourth-order valence-corrected chi connectivity index (χ4v) is 0.448. The van der Waals surface area contributed by atoms with E-state index in [0.29, 0.717) is 0 Å². The molecule has 1 rings (SSSR count). The van der Waals surface area contributed by atoms with Gasteiger partial charge in [-0.2, -0.15) is 0 Å². The van der Waals surface area contributed by atoms with Crippen molar-refractivity contribution in [2.45, 2.75) is 6.92 Å². The fourth-order valence-electron chi connectivity index (χ4n) is 0.448. The molecule has 52 valence electrons. The molecular formula is C6H7Br2MgN. The van der Waals surface area contributed by atoms with E-state index < -0.39 is 0 Å². The fraction of sp³-hybridized carbons (Fsp3) is 0.167. The normalized spacial score (nSPS) is 6.10. The van der Waals surface area contributed by atoms with Gasteiger partial charge in [-0.15, -0.1) is 0 Å². The summed E-state index contributed by atoms with van der Waals surface area (Å²) in [7, 11) is 0. The predicted molar refractivity (Wildman–Crippen MR) is 34.7 cm³/mol. The van der Waals surface area contributed by atoms with Gasteiger partial charge in [-0.1, -0.05) is 6.07 Å². The second-order valence-corrected chi connectivity index (χ2v) is 1.47. The molecule has 4 heteroatoms. The Hall–Kier alpha value is 0.876. The summed E-state index contributed by atoms with van der Waals surface area (Å²) in [5.74, 6) is 0. The van der Waals surface area contributed by atoms with Gasteiger partial charge in [0.15, 0.2) is 0 Å². The van der Waals surface area contributed by atoms with Gasteiger partial charge in [-0.3, -0.25) is 4.98 Å². The third kappa shape index (κ3) is 6.99. The van der Waals surface area contributed by atoms with Crippen molar-refractivity contribution in [1.29, 1.82) is 0 Å². The van der Waals surface area contributed by atoms with Crippen LogP contribution in [0.25, 0.3) is 0 Å². The van der Waals surface area contributed by atoms with E-state index in [1.807, 2.05) is 25.1 Å². The molecule has 0 fully saturated rings. The molecule has 0 radical (unpaired) electrons. The van der Waals surface area contributed by atoms with Crippen LogP contribution in [-0.2, 0) is 0 Å². The quantitative estimate of drug-likeness (QED) is 0.433. The van der Waals surface area contributed by atoms with Gasteiger partial charge >= 0.3 is 23.1 Å². The van der Waals surface area contributed by atoms with E-state index in [2.05, 4.69) is 4.98 Å². The SMILES string of the molecule is Cc1ccccn1.[Br-].[Br-].[Mg+2]. The number of hydrogen-bond acceptors (Lipinski definition) is 1. The smallest absolute Gasteiger partial charge is 1.00 e. The predicted octanol–water partition coefficient (Wildman–Crippen LogP) is -4.98. The van der Waals surface area contributed by atoms with Gasteiger partial charge in [0.25, 0.3) is 0 Å². The monoisotopic (exact) mass is 275 g/mol. The molecular weight excluding hydrogens is 270 g/mol. The Labute approximate surface area is 98.3 Å². The standard InChI is InChI=1S/C6H7N.2BrH.Mg/c1-6-4-2-3-5-7-6;;;/h2-5H,1H3;2*1H;/q;;;+2/p-2. The first kappa shape index (κ1) is 17.1. The first-order valence-corrected chi connectivity index (χ1v) is 2.27. The van der Waals surface area contributed by atoms with E-state index in [1.165, 1.54) is 0 Å². The van der Waals surface area contributed by atoms with E-state index >= 15 is 0 Å². The maximum atomic E-state index is 3.98. The first-order valence-electron chi connectivity index (χ1n) is 2.27. The maximum Gasteiger partial charge on any atom is 2.00 e. The largest absolute Gasteiger partial charge is 2.00 e. The Balaban J connectivity index is -0.000000163. The van der Waals surface area contributed by atoms with E-state index in [-0.39, 0.29) is 57.0 Å². The molecule has 1 aromatic rings. The minimum absolute atomic E-state index is 0. The Bertz CT molecular complexity index is 146. The number of pyridine rings is 1. The van der Waals surface area contributed by atoms with Crippen molar-refractivity contribution in [2.24, 2.45) is 0 Å². The van der Waals surface area contributed by atoms with Crippen LogP contribution in [-0.4, -0.2) is 28.0 Å². The molecule has 0 amide bonds. The molecule has 0 aliphatic rings. The average Bonchev–Trinajstić information content (AvgIpc) is 1.69. The van der Waals surface area contributed by atoms with Crippen LogP contribution in [0.5, 0.6) is 0 Å². The van der Waals surface area contributed by atoms with Crippen molar-refractivity contribution in [3.63, 3.8) is 0 Å². The molecule has 0 saturated carbocycles. The van der Waals surface area contributed by atoms with Crippen LogP contribution >= 0.6 is 0 Å². The third-order valence-electron chi connectivity index (χ3n) is 0.813. The van der Waals surface area contributed by atoms with Gasteiger partial charge in [-0.25, -0.2) is 0 Å². The van der Waals surface area contributed by atoms with Crippen molar-refractivity contribution in [1.82, 2.24) is 4.98 Å². The Morgan fingerprint density at radius 1 is 1.20 bits per heavy atom.